The number of hydrogen-bond acceptors (Lipinski definition) is 5. The Morgan fingerprint density at radius 3 is 2.34 bits per heavy atom. The minimum Gasteiger partial charge on any atom is -0.493 e. The third-order valence-corrected chi connectivity index (χ3v) is 3.81. The number of nitrogens with one attached hydrogen (secondary N) is 1. The quantitative estimate of drug-likeness (QED) is 0.531. The SMILES string of the molecule is COc1cc(/C=C/C(=O)OCC(=O)Nc2cc(C)cc(C)c2)ccc1OC(C)C. The van der Waals surface area contributed by atoms with E-state index >= 15 is 0 Å². The van der Waals surface area contributed by atoms with Crippen molar-refractivity contribution >= 4 is 23.6 Å². The van der Waals surface area contributed by atoms with Gasteiger partial charge in [-0.2, -0.15) is 0 Å². The van der Waals surface area contributed by atoms with E-state index in [1.165, 1.54) is 6.08 Å². The molecule has 0 aliphatic rings. The number of anilines is 1. The molecule has 1 amide bonds. The van der Waals surface area contributed by atoms with Crippen molar-refractivity contribution in [3.8, 4) is 11.5 Å². The largest absolute Gasteiger partial charge is 0.493 e. The molecular weight excluding hydrogens is 370 g/mol. The zero-order valence-corrected chi connectivity index (χ0v) is 17.4. The molecule has 0 aromatic heterocycles. The Morgan fingerprint density at radius 2 is 1.72 bits per heavy atom. The van der Waals surface area contributed by atoms with Gasteiger partial charge in [-0.15, -0.1) is 0 Å². The first-order valence-corrected chi connectivity index (χ1v) is 9.34. The van der Waals surface area contributed by atoms with Gasteiger partial charge in [-0.25, -0.2) is 4.79 Å². The van der Waals surface area contributed by atoms with Gasteiger partial charge in [-0.05, 0) is 74.7 Å². The summed E-state index contributed by atoms with van der Waals surface area (Å²) in [5.74, 6) is 0.197. The number of esters is 1. The standard InChI is InChI=1S/C23H27NO5/c1-15(2)29-20-8-6-18(13-21(20)27-5)7-9-23(26)28-14-22(25)24-19-11-16(3)10-17(4)12-19/h6-13,15H,14H2,1-5H3,(H,24,25)/b9-7+. The number of benzene rings is 2. The lowest BCUT2D eigenvalue weighted by Crippen LogP contribution is -2.20. The topological polar surface area (TPSA) is 73.9 Å². The molecule has 2 aromatic carbocycles. The maximum absolute atomic E-state index is 12.0. The van der Waals surface area contributed by atoms with Crippen LogP contribution < -0.4 is 14.8 Å². The summed E-state index contributed by atoms with van der Waals surface area (Å²) in [6.45, 7) is 7.40. The highest BCUT2D eigenvalue weighted by atomic mass is 16.5. The maximum atomic E-state index is 12.0. The summed E-state index contributed by atoms with van der Waals surface area (Å²) < 4.78 is 16.0. The van der Waals surface area contributed by atoms with E-state index in [0.717, 1.165) is 16.7 Å². The first kappa shape index (κ1) is 22.0. The Balaban J connectivity index is 1.89. The second-order valence-corrected chi connectivity index (χ2v) is 6.94. The minimum atomic E-state index is -0.609. The molecule has 2 aromatic rings. The van der Waals surface area contributed by atoms with Crippen LogP contribution in [0.1, 0.15) is 30.5 Å². The summed E-state index contributed by atoms with van der Waals surface area (Å²) in [7, 11) is 1.55. The van der Waals surface area contributed by atoms with E-state index in [0.29, 0.717) is 17.2 Å². The Morgan fingerprint density at radius 1 is 1.03 bits per heavy atom. The third kappa shape index (κ3) is 7.33. The van der Waals surface area contributed by atoms with Crippen molar-refractivity contribution in [3.63, 3.8) is 0 Å². The van der Waals surface area contributed by atoms with Gasteiger partial charge in [0.15, 0.2) is 18.1 Å². The number of ether oxygens (including phenoxy) is 3. The van der Waals surface area contributed by atoms with Gasteiger partial charge in [0.05, 0.1) is 13.2 Å². The average Bonchev–Trinajstić information content (AvgIpc) is 2.64. The van der Waals surface area contributed by atoms with E-state index in [-0.39, 0.29) is 12.7 Å². The molecule has 0 radical (unpaired) electrons. The van der Waals surface area contributed by atoms with Gasteiger partial charge in [0, 0.05) is 11.8 Å². The number of hydrogen-bond donors (Lipinski definition) is 1. The molecule has 0 saturated carbocycles. The molecule has 29 heavy (non-hydrogen) atoms. The molecule has 0 saturated heterocycles. The zero-order valence-electron chi connectivity index (χ0n) is 17.4. The second kappa shape index (κ2) is 10.3. The molecule has 6 heteroatoms. The molecule has 0 bridgehead atoms. The fraction of sp³-hybridized carbons (Fsp3) is 0.304. The Hall–Kier alpha value is -3.28. The fourth-order valence-corrected chi connectivity index (χ4v) is 2.73. The van der Waals surface area contributed by atoms with Crippen LogP contribution in [0, 0.1) is 13.8 Å². The highest BCUT2D eigenvalue weighted by Crippen LogP contribution is 2.29. The number of carbonyl (C=O) groups excluding carboxylic acids is 2. The van der Waals surface area contributed by atoms with E-state index in [1.807, 2.05) is 45.9 Å². The summed E-state index contributed by atoms with van der Waals surface area (Å²) in [5, 5.41) is 2.72. The van der Waals surface area contributed by atoms with Crippen LogP contribution in [0.2, 0.25) is 0 Å². The van der Waals surface area contributed by atoms with E-state index in [2.05, 4.69) is 5.32 Å². The molecule has 1 N–H and O–H groups in total. The van der Waals surface area contributed by atoms with E-state index < -0.39 is 11.9 Å². The van der Waals surface area contributed by atoms with Crippen LogP contribution in [0.4, 0.5) is 5.69 Å². The summed E-state index contributed by atoms with van der Waals surface area (Å²) >= 11 is 0. The predicted octanol–water partition coefficient (Wildman–Crippen LogP) is 4.29. The number of amides is 1. The lowest BCUT2D eigenvalue weighted by Gasteiger charge is -2.13. The summed E-state index contributed by atoms with van der Waals surface area (Å²) in [6.07, 6.45) is 2.88. The Bertz CT molecular complexity index is 882. The van der Waals surface area contributed by atoms with Crippen LogP contribution in [0.3, 0.4) is 0 Å². The predicted molar refractivity (Wildman–Crippen MR) is 113 cm³/mol. The van der Waals surface area contributed by atoms with Gasteiger partial charge < -0.3 is 19.5 Å². The average molecular weight is 397 g/mol. The van der Waals surface area contributed by atoms with Gasteiger partial charge in [0.25, 0.3) is 5.91 Å². The van der Waals surface area contributed by atoms with Crippen molar-refractivity contribution in [1.82, 2.24) is 0 Å². The first-order chi connectivity index (χ1) is 13.8. The summed E-state index contributed by atoms with van der Waals surface area (Å²) in [6, 6.07) is 11.1. The highest BCUT2D eigenvalue weighted by Gasteiger charge is 2.08. The van der Waals surface area contributed by atoms with Crippen LogP contribution >= 0.6 is 0 Å². The molecule has 0 fully saturated rings. The number of methoxy groups -OCH3 is 1. The maximum Gasteiger partial charge on any atom is 0.331 e. The normalized spacial score (nSPS) is 10.8. The molecule has 0 aliphatic heterocycles. The van der Waals surface area contributed by atoms with Crippen molar-refractivity contribution in [2.45, 2.75) is 33.8 Å². The number of aryl methyl sites for hydroxylation is 2. The van der Waals surface area contributed by atoms with Crippen LogP contribution in [-0.2, 0) is 14.3 Å². The molecule has 0 aliphatic carbocycles. The lowest BCUT2D eigenvalue weighted by molar-refractivity contribution is -0.142. The lowest BCUT2D eigenvalue weighted by atomic mass is 10.1. The fourth-order valence-electron chi connectivity index (χ4n) is 2.73. The third-order valence-electron chi connectivity index (χ3n) is 3.81. The molecule has 2 rings (SSSR count). The number of carbonyl (C=O) groups is 2. The molecule has 0 heterocycles. The van der Waals surface area contributed by atoms with E-state index in [1.54, 1.807) is 31.4 Å². The Kier molecular flexibility index (Phi) is 7.83. The van der Waals surface area contributed by atoms with Gasteiger partial charge >= 0.3 is 5.97 Å². The van der Waals surface area contributed by atoms with Crippen LogP contribution in [0.15, 0.2) is 42.5 Å². The highest BCUT2D eigenvalue weighted by molar-refractivity contribution is 5.94. The molecule has 0 unspecified atom stereocenters. The molecule has 0 atom stereocenters. The van der Waals surface area contributed by atoms with Crippen LogP contribution in [-0.4, -0.2) is 31.7 Å². The Labute approximate surface area is 171 Å². The van der Waals surface area contributed by atoms with Gasteiger partial charge in [0.2, 0.25) is 0 Å². The molecule has 154 valence electrons. The molecule has 6 nitrogen and oxygen atoms in total. The van der Waals surface area contributed by atoms with Crippen molar-refractivity contribution in [2.24, 2.45) is 0 Å². The van der Waals surface area contributed by atoms with Crippen LogP contribution in [0.25, 0.3) is 6.08 Å². The summed E-state index contributed by atoms with van der Waals surface area (Å²) in [5.41, 5.74) is 3.51. The molecular formula is C23H27NO5. The van der Waals surface area contributed by atoms with E-state index in [9.17, 15) is 9.59 Å². The van der Waals surface area contributed by atoms with E-state index in [4.69, 9.17) is 14.2 Å². The van der Waals surface area contributed by atoms with Crippen LogP contribution in [0.5, 0.6) is 11.5 Å². The second-order valence-electron chi connectivity index (χ2n) is 6.94. The zero-order chi connectivity index (χ0) is 21.4. The molecule has 0 spiro atoms. The van der Waals surface area contributed by atoms with Gasteiger partial charge in [-0.1, -0.05) is 12.1 Å². The monoisotopic (exact) mass is 397 g/mol. The smallest absolute Gasteiger partial charge is 0.331 e. The minimum absolute atomic E-state index is 0.0233. The first-order valence-electron chi connectivity index (χ1n) is 9.34. The van der Waals surface area contributed by atoms with Crippen molar-refractivity contribution in [1.29, 1.82) is 0 Å². The van der Waals surface area contributed by atoms with Crippen molar-refractivity contribution in [2.75, 3.05) is 19.0 Å². The number of rotatable bonds is 8. The summed E-state index contributed by atoms with van der Waals surface area (Å²) in [4.78, 5) is 23.9. The van der Waals surface area contributed by atoms with Gasteiger partial charge in [0.1, 0.15) is 0 Å². The van der Waals surface area contributed by atoms with Crippen molar-refractivity contribution in [3.05, 3.63) is 59.2 Å². The van der Waals surface area contributed by atoms with Gasteiger partial charge in [-0.3, -0.25) is 4.79 Å². The van der Waals surface area contributed by atoms with Crippen molar-refractivity contribution < 1.29 is 23.8 Å².